The van der Waals surface area contributed by atoms with Crippen LogP contribution in [0.2, 0.25) is 0 Å². The van der Waals surface area contributed by atoms with E-state index in [4.69, 9.17) is 0 Å². The zero-order chi connectivity index (χ0) is 0. The Morgan fingerprint density at radius 3 is 0.100 bits per heavy atom. The first-order valence-electron chi connectivity index (χ1n) is 0. The van der Waals surface area contributed by atoms with E-state index in [1.165, 1.54) is 0 Å². The summed E-state index contributed by atoms with van der Waals surface area (Å²) >= 11 is 0. The topological polar surface area (TPSA) is 0 Å². The first kappa shape index (κ1) is 113. The van der Waals surface area contributed by atoms with Crippen molar-refractivity contribution >= 4 is 0 Å². The molecule has 0 saturated carbocycles. The summed E-state index contributed by atoms with van der Waals surface area (Å²) in [5.41, 5.74) is 0. The molecule has 0 aliphatic rings. The van der Waals surface area contributed by atoms with E-state index in [2.05, 4.69) is 0 Å². The van der Waals surface area contributed by atoms with E-state index in [0.29, 0.717) is 0 Å². The molecular weight excluding hydrogens is 635 g/mol. The average Bonchev–Trinajstić information content (AvgIpc) is 0. The maximum atomic E-state index is 0. The van der Waals surface area contributed by atoms with Crippen LogP contribution in [0.3, 0.4) is 0 Å². The van der Waals surface area contributed by atoms with Crippen LogP contribution in [0.25, 0.3) is 0 Å². The molecule has 0 nitrogen and oxygen atoms in total. The molecule has 0 bridgehead atoms. The van der Waals surface area contributed by atoms with Crippen molar-refractivity contribution in [1.82, 2.24) is 0 Å². The summed E-state index contributed by atoms with van der Waals surface area (Å²) in [7, 11) is 0. The fourth-order valence-electron chi connectivity index (χ4n) is 0. The number of hydrogen-bond acceptors (Lipinski definition) is 0. The third-order valence-electron chi connectivity index (χ3n) is 0. The minimum Gasteiger partial charge on any atom is 0 e. The maximum Gasteiger partial charge on any atom is 0 e. The molecule has 0 unspecified atom stereocenters. The molecular formula is Cu10. The fourth-order valence-corrected chi connectivity index (χ4v) is 0. The molecule has 110 valence electrons. The SMILES string of the molecule is [Cu].[Cu].[Cu].[Cu].[Cu].[Cu].[Cu].[Cu].[Cu].[Cu]. The Labute approximate surface area is 167 Å². The molecule has 0 saturated heterocycles. The third-order valence-corrected chi connectivity index (χ3v) is 0. The second-order valence-electron chi connectivity index (χ2n) is 0. The van der Waals surface area contributed by atoms with Gasteiger partial charge in [0.2, 0.25) is 0 Å². The monoisotopic (exact) mass is 629 g/mol. The van der Waals surface area contributed by atoms with Gasteiger partial charge >= 0.3 is 0 Å². The van der Waals surface area contributed by atoms with E-state index >= 15 is 0 Å². The van der Waals surface area contributed by atoms with E-state index in [0.717, 1.165) is 0 Å². The molecule has 0 heterocycles. The van der Waals surface area contributed by atoms with E-state index in [1.807, 2.05) is 0 Å². The van der Waals surface area contributed by atoms with Crippen molar-refractivity contribution < 1.29 is 171 Å². The zero-order valence-corrected chi connectivity index (χ0v) is 12.4. The molecule has 0 aromatic heterocycles. The van der Waals surface area contributed by atoms with Crippen molar-refractivity contribution in [1.29, 1.82) is 0 Å². The number of hydrogen-bond donors (Lipinski definition) is 0. The average molecular weight is 635 g/mol. The normalized spacial score (nSPS) is 0. The molecule has 0 N–H and O–H groups in total. The van der Waals surface area contributed by atoms with Gasteiger partial charge in [-0.1, -0.05) is 0 Å². The van der Waals surface area contributed by atoms with Gasteiger partial charge in [-0.15, -0.1) is 0 Å². The van der Waals surface area contributed by atoms with Gasteiger partial charge in [-0.3, -0.25) is 0 Å². The van der Waals surface area contributed by atoms with Crippen LogP contribution in [-0.2, 0) is 171 Å². The summed E-state index contributed by atoms with van der Waals surface area (Å²) in [5.74, 6) is 0. The molecule has 0 spiro atoms. The Hall–Kier alpha value is 5.19. The Morgan fingerprint density at radius 2 is 0.100 bits per heavy atom. The van der Waals surface area contributed by atoms with Gasteiger partial charge in [-0.2, -0.15) is 0 Å². The Bertz CT molecular complexity index is 0. The zero-order valence-electron chi connectivity index (χ0n) is 3.02. The smallest absolute Gasteiger partial charge is 0 e. The van der Waals surface area contributed by atoms with E-state index in [-0.39, 0.29) is 171 Å². The van der Waals surface area contributed by atoms with E-state index < -0.39 is 0 Å². The third kappa shape index (κ3) is 72.7. The second kappa shape index (κ2) is 91.6. The second-order valence-corrected chi connectivity index (χ2v) is 0. The van der Waals surface area contributed by atoms with Crippen LogP contribution in [0.4, 0.5) is 0 Å². The van der Waals surface area contributed by atoms with Gasteiger partial charge in [0.15, 0.2) is 0 Å². The Kier molecular flexibility index (Phi) is 1040. The van der Waals surface area contributed by atoms with Crippen molar-refractivity contribution in [2.75, 3.05) is 0 Å². The minimum atomic E-state index is 0. The van der Waals surface area contributed by atoms with Crippen LogP contribution < -0.4 is 0 Å². The van der Waals surface area contributed by atoms with Crippen LogP contribution in [0.5, 0.6) is 0 Å². The van der Waals surface area contributed by atoms with E-state index in [1.54, 1.807) is 0 Å². The summed E-state index contributed by atoms with van der Waals surface area (Å²) < 4.78 is 0. The fraction of sp³-hybridized carbons (Fsp3) is 0. The number of rotatable bonds is 0. The van der Waals surface area contributed by atoms with Gasteiger partial charge in [-0.05, 0) is 0 Å². The molecule has 0 atom stereocenters. The molecule has 10 radical (unpaired) electrons. The van der Waals surface area contributed by atoms with Gasteiger partial charge in [0.25, 0.3) is 0 Å². The molecule has 0 fully saturated rings. The van der Waals surface area contributed by atoms with Gasteiger partial charge < -0.3 is 0 Å². The van der Waals surface area contributed by atoms with Crippen molar-refractivity contribution in [3.05, 3.63) is 0 Å². The van der Waals surface area contributed by atoms with Crippen LogP contribution in [0, 0.1) is 0 Å². The Morgan fingerprint density at radius 1 is 0.100 bits per heavy atom. The molecule has 0 rings (SSSR count). The molecule has 0 amide bonds. The van der Waals surface area contributed by atoms with Crippen LogP contribution >= 0.6 is 0 Å². The standard InChI is InChI=1S/10Cu. The van der Waals surface area contributed by atoms with Crippen LogP contribution in [-0.4, -0.2) is 0 Å². The molecule has 0 aliphatic heterocycles. The molecule has 0 aromatic rings. The predicted octanol–water partition coefficient (Wildman–Crippen LogP) is -0.0250. The maximum absolute atomic E-state index is 0. The molecule has 0 aromatic carbocycles. The van der Waals surface area contributed by atoms with Crippen LogP contribution in [0.1, 0.15) is 0 Å². The largest absolute Gasteiger partial charge is 0 e. The summed E-state index contributed by atoms with van der Waals surface area (Å²) in [6.07, 6.45) is 0. The van der Waals surface area contributed by atoms with Gasteiger partial charge in [0.1, 0.15) is 0 Å². The first-order chi connectivity index (χ1) is 0. The van der Waals surface area contributed by atoms with Crippen molar-refractivity contribution in [3.8, 4) is 0 Å². The van der Waals surface area contributed by atoms with Crippen molar-refractivity contribution in [2.45, 2.75) is 0 Å². The van der Waals surface area contributed by atoms with Crippen molar-refractivity contribution in [3.63, 3.8) is 0 Å². The molecule has 10 heteroatoms. The summed E-state index contributed by atoms with van der Waals surface area (Å²) in [6.45, 7) is 0. The molecule has 0 aliphatic carbocycles. The summed E-state index contributed by atoms with van der Waals surface area (Å²) in [4.78, 5) is 0. The quantitative estimate of drug-likeness (QED) is 0.329. The van der Waals surface area contributed by atoms with E-state index in [9.17, 15) is 0 Å². The Balaban J connectivity index is 0. The van der Waals surface area contributed by atoms with Gasteiger partial charge in [0.05, 0.1) is 0 Å². The van der Waals surface area contributed by atoms with Crippen LogP contribution in [0.15, 0.2) is 0 Å². The van der Waals surface area contributed by atoms with Crippen molar-refractivity contribution in [2.24, 2.45) is 0 Å². The van der Waals surface area contributed by atoms with Gasteiger partial charge in [-0.25, -0.2) is 0 Å². The first-order valence-corrected chi connectivity index (χ1v) is 0. The molecule has 10 heavy (non-hydrogen) atoms. The van der Waals surface area contributed by atoms with Gasteiger partial charge in [0, 0.05) is 171 Å². The summed E-state index contributed by atoms with van der Waals surface area (Å²) in [5, 5.41) is 0. The summed E-state index contributed by atoms with van der Waals surface area (Å²) in [6, 6.07) is 0. The predicted molar refractivity (Wildman–Crippen MR) is 0 cm³/mol. The minimum absolute atomic E-state index is 0.